The van der Waals surface area contributed by atoms with Gasteiger partial charge in [0.2, 0.25) is 5.91 Å². The van der Waals surface area contributed by atoms with Crippen LogP contribution in [0.5, 0.6) is 0 Å². The molecule has 0 heterocycles. The van der Waals surface area contributed by atoms with Crippen LogP contribution in [0.2, 0.25) is 0 Å². The number of hydrogen-bond donors (Lipinski definition) is 2. The van der Waals surface area contributed by atoms with E-state index in [2.05, 4.69) is 22.8 Å². The summed E-state index contributed by atoms with van der Waals surface area (Å²) in [6.07, 6.45) is 2.43. The van der Waals surface area contributed by atoms with E-state index >= 15 is 0 Å². The van der Waals surface area contributed by atoms with Gasteiger partial charge in [0.1, 0.15) is 0 Å². The summed E-state index contributed by atoms with van der Waals surface area (Å²) in [5, 5.41) is 5.84. The van der Waals surface area contributed by atoms with Crippen LogP contribution in [0.15, 0.2) is 78.9 Å². The van der Waals surface area contributed by atoms with Crippen molar-refractivity contribution < 1.29 is 9.59 Å². The standard InChI is InChI=1S/C24H22N2O2/c27-23(16-17-6-8-19(9-7-17)18-4-2-1-3-5-18)25-21-12-10-20(11-13-21)24(28)26-22-14-15-22/h1-13,22H,14-16H2,(H,25,27)(H,26,28). The summed E-state index contributed by atoms with van der Waals surface area (Å²) < 4.78 is 0. The van der Waals surface area contributed by atoms with Crippen molar-refractivity contribution in [1.29, 1.82) is 0 Å². The third-order valence-electron chi connectivity index (χ3n) is 4.77. The summed E-state index contributed by atoms with van der Waals surface area (Å²) in [6.45, 7) is 0. The third kappa shape index (κ3) is 4.65. The highest BCUT2D eigenvalue weighted by Crippen LogP contribution is 2.21. The lowest BCUT2D eigenvalue weighted by molar-refractivity contribution is -0.115. The van der Waals surface area contributed by atoms with Crippen LogP contribution in [-0.4, -0.2) is 17.9 Å². The molecule has 1 aliphatic rings. The topological polar surface area (TPSA) is 58.2 Å². The first kappa shape index (κ1) is 18.0. The summed E-state index contributed by atoms with van der Waals surface area (Å²) in [6, 6.07) is 25.5. The number of rotatable bonds is 6. The van der Waals surface area contributed by atoms with E-state index in [-0.39, 0.29) is 11.8 Å². The summed E-state index contributed by atoms with van der Waals surface area (Å²) in [5.74, 6) is -0.137. The zero-order valence-corrected chi connectivity index (χ0v) is 15.5. The van der Waals surface area contributed by atoms with Gasteiger partial charge in [0.05, 0.1) is 6.42 Å². The molecule has 4 heteroatoms. The lowest BCUT2D eigenvalue weighted by Crippen LogP contribution is -2.25. The minimum atomic E-state index is -0.0809. The quantitative estimate of drug-likeness (QED) is 0.674. The molecule has 1 aliphatic carbocycles. The predicted octanol–water partition coefficient (Wildman–Crippen LogP) is 4.43. The van der Waals surface area contributed by atoms with Crippen molar-refractivity contribution in [2.75, 3.05) is 5.32 Å². The van der Waals surface area contributed by atoms with E-state index in [1.54, 1.807) is 24.3 Å². The van der Waals surface area contributed by atoms with E-state index in [1.165, 1.54) is 0 Å². The van der Waals surface area contributed by atoms with Crippen LogP contribution in [-0.2, 0) is 11.2 Å². The van der Waals surface area contributed by atoms with E-state index in [4.69, 9.17) is 0 Å². The van der Waals surface area contributed by atoms with Gasteiger partial charge in [-0.1, -0.05) is 54.6 Å². The molecule has 2 amide bonds. The molecular formula is C24H22N2O2. The molecule has 0 bridgehead atoms. The Kier molecular flexibility index (Phi) is 5.20. The third-order valence-corrected chi connectivity index (χ3v) is 4.77. The van der Waals surface area contributed by atoms with Gasteiger partial charge in [0.25, 0.3) is 5.91 Å². The molecule has 0 unspecified atom stereocenters. The first-order valence-electron chi connectivity index (χ1n) is 9.52. The smallest absolute Gasteiger partial charge is 0.251 e. The van der Waals surface area contributed by atoms with Gasteiger partial charge in [-0.2, -0.15) is 0 Å². The van der Waals surface area contributed by atoms with E-state index in [0.717, 1.165) is 29.5 Å². The Bertz CT molecular complexity index is 960. The summed E-state index contributed by atoms with van der Waals surface area (Å²) >= 11 is 0. The van der Waals surface area contributed by atoms with Gasteiger partial charge in [0, 0.05) is 17.3 Å². The van der Waals surface area contributed by atoms with Crippen LogP contribution in [0.4, 0.5) is 5.69 Å². The average molecular weight is 370 g/mol. The normalized spacial score (nSPS) is 13.0. The maximum Gasteiger partial charge on any atom is 0.251 e. The molecule has 0 atom stereocenters. The van der Waals surface area contributed by atoms with Crippen LogP contribution >= 0.6 is 0 Å². The highest BCUT2D eigenvalue weighted by Gasteiger charge is 2.23. The second kappa shape index (κ2) is 8.09. The van der Waals surface area contributed by atoms with Crippen molar-refractivity contribution >= 4 is 17.5 Å². The Morgan fingerprint density at radius 1 is 0.786 bits per heavy atom. The van der Waals surface area contributed by atoms with Gasteiger partial charge in [-0.15, -0.1) is 0 Å². The number of benzene rings is 3. The van der Waals surface area contributed by atoms with Gasteiger partial charge in [-0.25, -0.2) is 0 Å². The van der Waals surface area contributed by atoms with Gasteiger partial charge in [0.15, 0.2) is 0 Å². The second-order valence-electron chi connectivity index (χ2n) is 7.11. The van der Waals surface area contributed by atoms with E-state index in [0.29, 0.717) is 23.7 Å². The Labute approximate surface area is 164 Å². The van der Waals surface area contributed by atoms with Crippen LogP contribution in [0.3, 0.4) is 0 Å². The van der Waals surface area contributed by atoms with Crippen molar-refractivity contribution in [2.24, 2.45) is 0 Å². The van der Waals surface area contributed by atoms with Crippen LogP contribution in [0.1, 0.15) is 28.8 Å². The molecule has 0 radical (unpaired) electrons. The SMILES string of the molecule is O=C(Cc1ccc(-c2ccccc2)cc1)Nc1ccc(C(=O)NC2CC2)cc1. The molecule has 140 valence electrons. The van der Waals surface area contributed by atoms with Crippen molar-refractivity contribution in [3.63, 3.8) is 0 Å². The minimum absolute atomic E-state index is 0.0566. The largest absolute Gasteiger partial charge is 0.349 e. The molecule has 3 aromatic rings. The fraction of sp³-hybridized carbons (Fsp3) is 0.167. The monoisotopic (exact) mass is 370 g/mol. The lowest BCUT2D eigenvalue weighted by Gasteiger charge is -2.08. The van der Waals surface area contributed by atoms with Crippen LogP contribution in [0.25, 0.3) is 11.1 Å². The molecule has 28 heavy (non-hydrogen) atoms. The molecule has 4 nitrogen and oxygen atoms in total. The summed E-state index contributed by atoms with van der Waals surface area (Å²) in [5.41, 5.74) is 4.54. The number of hydrogen-bond acceptors (Lipinski definition) is 2. The second-order valence-corrected chi connectivity index (χ2v) is 7.11. The molecule has 4 rings (SSSR count). The Morgan fingerprint density at radius 2 is 1.43 bits per heavy atom. The summed E-state index contributed by atoms with van der Waals surface area (Å²) in [7, 11) is 0. The Hall–Kier alpha value is -3.40. The zero-order chi connectivity index (χ0) is 19.3. The van der Waals surface area contributed by atoms with Crippen molar-refractivity contribution in [1.82, 2.24) is 5.32 Å². The number of amides is 2. The van der Waals surface area contributed by atoms with E-state index < -0.39 is 0 Å². The number of nitrogens with one attached hydrogen (secondary N) is 2. The first-order valence-corrected chi connectivity index (χ1v) is 9.52. The molecule has 3 aromatic carbocycles. The van der Waals surface area contributed by atoms with Crippen molar-refractivity contribution in [3.05, 3.63) is 90.0 Å². The predicted molar refractivity (Wildman–Crippen MR) is 111 cm³/mol. The number of anilines is 1. The highest BCUT2D eigenvalue weighted by atomic mass is 16.2. The summed E-state index contributed by atoms with van der Waals surface area (Å²) in [4.78, 5) is 24.3. The fourth-order valence-electron chi connectivity index (χ4n) is 3.04. The number of carbonyl (C=O) groups is 2. The van der Waals surface area contributed by atoms with Gasteiger partial charge >= 0.3 is 0 Å². The van der Waals surface area contributed by atoms with Gasteiger partial charge in [-0.3, -0.25) is 9.59 Å². The highest BCUT2D eigenvalue weighted by molar-refractivity contribution is 5.96. The molecule has 0 spiro atoms. The average Bonchev–Trinajstić information content (AvgIpc) is 3.54. The Morgan fingerprint density at radius 3 is 2.07 bits per heavy atom. The Balaban J connectivity index is 1.33. The van der Waals surface area contributed by atoms with Crippen molar-refractivity contribution in [2.45, 2.75) is 25.3 Å². The molecule has 1 fully saturated rings. The molecule has 2 N–H and O–H groups in total. The van der Waals surface area contributed by atoms with Crippen LogP contribution < -0.4 is 10.6 Å². The lowest BCUT2D eigenvalue weighted by atomic mass is 10.0. The van der Waals surface area contributed by atoms with E-state index in [1.807, 2.05) is 42.5 Å². The van der Waals surface area contributed by atoms with Gasteiger partial charge in [-0.05, 0) is 53.8 Å². The molecular weight excluding hydrogens is 348 g/mol. The number of carbonyl (C=O) groups excluding carboxylic acids is 2. The molecule has 1 saturated carbocycles. The minimum Gasteiger partial charge on any atom is -0.349 e. The fourth-order valence-corrected chi connectivity index (χ4v) is 3.04. The molecule has 0 saturated heterocycles. The molecule has 0 aromatic heterocycles. The van der Waals surface area contributed by atoms with E-state index in [9.17, 15) is 9.59 Å². The maximum absolute atomic E-state index is 12.3. The first-order chi connectivity index (χ1) is 13.7. The van der Waals surface area contributed by atoms with Crippen molar-refractivity contribution in [3.8, 4) is 11.1 Å². The molecule has 0 aliphatic heterocycles. The maximum atomic E-state index is 12.3. The van der Waals surface area contributed by atoms with Gasteiger partial charge < -0.3 is 10.6 Å². The zero-order valence-electron chi connectivity index (χ0n) is 15.5. The van der Waals surface area contributed by atoms with Crippen LogP contribution in [0, 0.1) is 0 Å².